The highest BCUT2D eigenvalue weighted by Gasteiger charge is 2.35. The summed E-state index contributed by atoms with van der Waals surface area (Å²) in [5.74, 6) is -2.05. The van der Waals surface area contributed by atoms with Gasteiger partial charge in [0.15, 0.2) is 0 Å². The van der Waals surface area contributed by atoms with Crippen molar-refractivity contribution in [2.75, 3.05) is 13.2 Å². The predicted molar refractivity (Wildman–Crippen MR) is 84.7 cm³/mol. The van der Waals surface area contributed by atoms with E-state index < -0.39 is 35.6 Å². The topological polar surface area (TPSA) is 90.9 Å². The lowest BCUT2D eigenvalue weighted by Crippen LogP contribution is -2.53. The van der Waals surface area contributed by atoms with Gasteiger partial charge in [0.05, 0.1) is 13.2 Å². The lowest BCUT2D eigenvalue weighted by atomic mass is 10.1. The summed E-state index contributed by atoms with van der Waals surface area (Å²) in [6.45, 7) is 10.7. The van der Waals surface area contributed by atoms with Crippen molar-refractivity contribution in [2.45, 2.75) is 72.1 Å². The fourth-order valence-electron chi connectivity index (χ4n) is 1.82. The second-order valence-electron chi connectivity index (χ2n) is 5.98. The molecule has 0 spiro atoms. The molecule has 0 aromatic carbocycles. The molecule has 0 aromatic rings. The number of carbonyl (C=O) groups excluding carboxylic acids is 3. The summed E-state index contributed by atoms with van der Waals surface area (Å²) < 4.78 is 15.1. The molecule has 23 heavy (non-hydrogen) atoms. The molecule has 7 nitrogen and oxygen atoms in total. The maximum Gasteiger partial charge on any atom is 0.334 e. The molecule has 0 aromatic heterocycles. The van der Waals surface area contributed by atoms with Gasteiger partial charge < -0.3 is 14.2 Å². The third kappa shape index (κ3) is 8.54. The molecule has 0 rings (SSSR count). The molecule has 0 bridgehead atoms. The molecule has 0 aliphatic carbocycles. The van der Waals surface area contributed by atoms with Crippen LogP contribution in [0.1, 0.15) is 54.4 Å². The van der Waals surface area contributed by atoms with Gasteiger partial charge in [-0.15, -0.1) is 0 Å². The van der Waals surface area contributed by atoms with Gasteiger partial charge in [0.2, 0.25) is 6.04 Å². The van der Waals surface area contributed by atoms with E-state index in [0.717, 1.165) is 0 Å². The Kier molecular flexibility index (Phi) is 9.48. The van der Waals surface area contributed by atoms with Crippen molar-refractivity contribution in [2.24, 2.45) is 0 Å². The quantitative estimate of drug-likeness (QED) is 0.389. The zero-order valence-corrected chi connectivity index (χ0v) is 14.9. The molecule has 1 atom stereocenters. The SMILES string of the molecule is CCCC(NC(C(=O)OCC)C(=O)OCC)C(=O)OC(C)(C)C. The van der Waals surface area contributed by atoms with E-state index in [1.807, 2.05) is 6.92 Å². The first-order chi connectivity index (χ1) is 10.7. The highest BCUT2D eigenvalue weighted by Crippen LogP contribution is 2.12. The van der Waals surface area contributed by atoms with E-state index in [4.69, 9.17) is 14.2 Å². The largest absolute Gasteiger partial charge is 0.464 e. The summed E-state index contributed by atoms with van der Waals surface area (Å²) in [5, 5.41) is 2.72. The van der Waals surface area contributed by atoms with Crippen molar-refractivity contribution in [1.82, 2.24) is 5.32 Å². The maximum atomic E-state index is 12.3. The number of esters is 3. The number of hydrogen-bond donors (Lipinski definition) is 1. The van der Waals surface area contributed by atoms with Crippen molar-refractivity contribution >= 4 is 17.9 Å². The predicted octanol–water partition coefficient (Wildman–Crippen LogP) is 1.58. The van der Waals surface area contributed by atoms with Crippen LogP contribution in [0.5, 0.6) is 0 Å². The summed E-state index contributed by atoms with van der Waals surface area (Å²) >= 11 is 0. The normalized spacial score (nSPS) is 12.7. The summed E-state index contributed by atoms with van der Waals surface area (Å²) in [5.41, 5.74) is -0.659. The van der Waals surface area contributed by atoms with Crippen LogP contribution in [0.25, 0.3) is 0 Å². The van der Waals surface area contributed by atoms with Crippen molar-refractivity contribution < 1.29 is 28.6 Å². The summed E-state index contributed by atoms with van der Waals surface area (Å²) in [6, 6.07) is -2.14. The molecule has 1 unspecified atom stereocenters. The number of rotatable bonds is 9. The molecule has 0 aliphatic heterocycles. The number of ether oxygens (including phenoxy) is 3. The Balaban J connectivity index is 5.15. The van der Waals surface area contributed by atoms with Crippen LogP contribution in [0.3, 0.4) is 0 Å². The van der Waals surface area contributed by atoms with Gasteiger partial charge in [-0.3, -0.25) is 10.1 Å². The Bertz CT molecular complexity index is 384. The summed E-state index contributed by atoms with van der Waals surface area (Å²) in [7, 11) is 0. The number of carbonyl (C=O) groups is 3. The van der Waals surface area contributed by atoms with Gasteiger partial charge in [-0.25, -0.2) is 9.59 Å². The standard InChI is InChI=1S/C16H29NO6/c1-7-10-11(13(18)23-16(4,5)6)17-12(14(19)21-8-2)15(20)22-9-3/h11-12,17H,7-10H2,1-6H3. The van der Waals surface area contributed by atoms with Crippen molar-refractivity contribution in [3.8, 4) is 0 Å². The third-order valence-electron chi connectivity index (χ3n) is 2.68. The van der Waals surface area contributed by atoms with Gasteiger partial charge in [0.1, 0.15) is 11.6 Å². The maximum absolute atomic E-state index is 12.3. The lowest BCUT2D eigenvalue weighted by molar-refractivity contribution is -0.161. The minimum absolute atomic E-state index is 0.126. The minimum atomic E-state index is -1.35. The van der Waals surface area contributed by atoms with Gasteiger partial charge >= 0.3 is 17.9 Å². The lowest BCUT2D eigenvalue weighted by Gasteiger charge is -2.26. The minimum Gasteiger partial charge on any atom is -0.464 e. The average molecular weight is 331 g/mol. The second kappa shape index (κ2) is 10.2. The Morgan fingerprint density at radius 2 is 1.39 bits per heavy atom. The van der Waals surface area contributed by atoms with Crippen molar-refractivity contribution in [1.29, 1.82) is 0 Å². The molecule has 0 heterocycles. The van der Waals surface area contributed by atoms with Crippen molar-refractivity contribution in [3.05, 3.63) is 0 Å². The van der Waals surface area contributed by atoms with E-state index in [9.17, 15) is 14.4 Å². The van der Waals surface area contributed by atoms with Crippen LogP contribution in [-0.4, -0.2) is 48.8 Å². The Morgan fingerprint density at radius 1 is 0.913 bits per heavy atom. The first-order valence-electron chi connectivity index (χ1n) is 7.98. The molecule has 0 aliphatic rings. The smallest absolute Gasteiger partial charge is 0.334 e. The number of nitrogens with one attached hydrogen (secondary N) is 1. The third-order valence-corrected chi connectivity index (χ3v) is 2.68. The Morgan fingerprint density at radius 3 is 1.74 bits per heavy atom. The fourth-order valence-corrected chi connectivity index (χ4v) is 1.82. The van der Waals surface area contributed by atoms with Crippen LogP contribution in [0.15, 0.2) is 0 Å². The van der Waals surface area contributed by atoms with E-state index in [1.165, 1.54) is 0 Å². The summed E-state index contributed by atoms with van der Waals surface area (Å²) in [6.07, 6.45) is 1.10. The Hall–Kier alpha value is -1.63. The van der Waals surface area contributed by atoms with Crippen LogP contribution in [0.4, 0.5) is 0 Å². The van der Waals surface area contributed by atoms with E-state index in [-0.39, 0.29) is 13.2 Å². The molecule has 7 heteroatoms. The molecular formula is C16H29NO6. The molecule has 134 valence electrons. The van der Waals surface area contributed by atoms with Gasteiger partial charge in [-0.05, 0) is 41.0 Å². The fraction of sp³-hybridized carbons (Fsp3) is 0.812. The van der Waals surface area contributed by atoms with Gasteiger partial charge in [0, 0.05) is 0 Å². The van der Waals surface area contributed by atoms with Crippen LogP contribution >= 0.6 is 0 Å². The second-order valence-corrected chi connectivity index (χ2v) is 5.98. The first-order valence-corrected chi connectivity index (χ1v) is 7.98. The van der Waals surface area contributed by atoms with Crippen LogP contribution in [-0.2, 0) is 28.6 Å². The molecule has 0 radical (unpaired) electrons. The average Bonchev–Trinajstić information content (AvgIpc) is 2.41. The van der Waals surface area contributed by atoms with E-state index in [0.29, 0.717) is 12.8 Å². The van der Waals surface area contributed by atoms with Crippen molar-refractivity contribution in [3.63, 3.8) is 0 Å². The highest BCUT2D eigenvalue weighted by molar-refractivity contribution is 5.99. The zero-order chi connectivity index (χ0) is 18.0. The monoisotopic (exact) mass is 331 g/mol. The highest BCUT2D eigenvalue weighted by atomic mass is 16.6. The molecule has 0 saturated carbocycles. The molecule has 0 saturated heterocycles. The van der Waals surface area contributed by atoms with Crippen LogP contribution in [0, 0.1) is 0 Å². The van der Waals surface area contributed by atoms with Gasteiger partial charge in [0.25, 0.3) is 0 Å². The first kappa shape index (κ1) is 21.4. The Labute approximate surface area is 138 Å². The van der Waals surface area contributed by atoms with E-state index >= 15 is 0 Å². The molecule has 0 amide bonds. The molecule has 0 fully saturated rings. The van der Waals surface area contributed by atoms with E-state index in [1.54, 1.807) is 34.6 Å². The van der Waals surface area contributed by atoms with Gasteiger partial charge in [-0.2, -0.15) is 0 Å². The zero-order valence-electron chi connectivity index (χ0n) is 14.9. The molecular weight excluding hydrogens is 302 g/mol. The van der Waals surface area contributed by atoms with Gasteiger partial charge in [-0.1, -0.05) is 13.3 Å². The van der Waals surface area contributed by atoms with Crippen LogP contribution < -0.4 is 5.32 Å². The van der Waals surface area contributed by atoms with Crippen LogP contribution in [0.2, 0.25) is 0 Å². The van der Waals surface area contributed by atoms with E-state index in [2.05, 4.69) is 5.32 Å². The molecule has 1 N–H and O–H groups in total. The number of hydrogen-bond acceptors (Lipinski definition) is 7. The summed E-state index contributed by atoms with van der Waals surface area (Å²) in [4.78, 5) is 36.2.